The predicted octanol–water partition coefficient (Wildman–Crippen LogP) is 7.92. The van der Waals surface area contributed by atoms with Crippen LogP contribution in [0, 0.1) is 6.92 Å². The molecule has 2 aliphatic carbocycles. The van der Waals surface area contributed by atoms with Crippen molar-refractivity contribution in [1.29, 1.82) is 0 Å². The zero-order valence-electron chi connectivity index (χ0n) is 22.5. The number of nitrogens with zero attached hydrogens (tertiary/aromatic N) is 1. The van der Waals surface area contributed by atoms with Crippen LogP contribution < -0.4 is 5.32 Å². The molecule has 1 heterocycles. The van der Waals surface area contributed by atoms with Gasteiger partial charge in [0.05, 0.1) is 12.0 Å². The minimum absolute atomic E-state index is 0.137. The van der Waals surface area contributed by atoms with E-state index in [-0.39, 0.29) is 5.97 Å². The topological polar surface area (TPSA) is 90.7 Å². The number of aryl methyl sites for hydroxylation is 1. The summed E-state index contributed by atoms with van der Waals surface area (Å²) in [6.07, 6.45) is 4.44. The number of nitrogens with one attached hydrogen (secondary N) is 1. The van der Waals surface area contributed by atoms with E-state index in [0.29, 0.717) is 23.7 Å². The van der Waals surface area contributed by atoms with Gasteiger partial charge in [0.2, 0.25) is 0 Å². The molecule has 204 valence electrons. The van der Waals surface area contributed by atoms with Crippen molar-refractivity contribution in [2.75, 3.05) is 11.9 Å². The molecule has 8 heteroatoms. The van der Waals surface area contributed by atoms with Crippen molar-refractivity contribution in [2.24, 2.45) is 0 Å². The molecule has 2 aromatic carbocycles. The Kier molecular flexibility index (Phi) is 7.80. The molecule has 1 N–H and O–H groups in total. The highest BCUT2D eigenvalue weighted by Crippen LogP contribution is 2.49. The van der Waals surface area contributed by atoms with Crippen molar-refractivity contribution in [1.82, 2.24) is 5.16 Å². The zero-order valence-corrected chi connectivity index (χ0v) is 23.3. The molecule has 1 saturated carbocycles. The van der Waals surface area contributed by atoms with Gasteiger partial charge in [0.15, 0.2) is 5.76 Å². The molecular formula is C31H33ClN2O5. The number of ether oxygens (including phenoxy) is 2. The van der Waals surface area contributed by atoms with Crippen LogP contribution in [-0.2, 0) is 19.7 Å². The molecule has 2 aliphatic rings. The average Bonchev–Trinajstić information content (AvgIpc) is 3.68. The lowest BCUT2D eigenvalue weighted by atomic mass is 9.93. The summed E-state index contributed by atoms with van der Waals surface area (Å²) < 4.78 is 16.5. The SMILES string of the molecule is CCOC(=O)C1(c2ccc(-c3ccc(-c4onc(C)c4NC(=O)OC(C)C4=C(Cl)CCCC4)cc3)cc2)CC1. The highest BCUT2D eigenvalue weighted by molar-refractivity contribution is 6.30. The highest BCUT2D eigenvalue weighted by Gasteiger charge is 2.52. The maximum Gasteiger partial charge on any atom is 0.412 e. The Balaban J connectivity index is 1.28. The van der Waals surface area contributed by atoms with Crippen LogP contribution in [0.3, 0.4) is 0 Å². The van der Waals surface area contributed by atoms with Gasteiger partial charge in [-0.1, -0.05) is 65.3 Å². The molecular weight excluding hydrogens is 516 g/mol. The summed E-state index contributed by atoms with van der Waals surface area (Å²) in [4.78, 5) is 25.1. The van der Waals surface area contributed by atoms with E-state index in [0.717, 1.165) is 71.4 Å². The van der Waals surface area contributed by atoms with Crippen molar-refractivity contribution >= 4 is 29.4 Å². The highest BCUT2D eigenvalue weighted by atomic mass is 35.5. The Bertz CT molecular complexity index is 1390. The third-order valence-electron chi connectivity index (χ3n) is 7.64. The molecule has 1 fully saturated rings. The number of hydrogen-bond acceptors (Lipinski definition) is 6. The van der Waals surface area contributed by atoms with Gasteiger partial charge < -0.3 is 14.0 Å². The fourth-order valence-electron chi connectivity index (χ4n) is 5.19. The Morgan fingerprint density at radius 3 is 2.26 bits per heavy atom. The molecule has 3 aromatic rings. The summed E-state index contributed by atoms with van der Waals surface area (Å²) in [7, 11) is 0. The van der Waals surface area contributed by atoms with Gasteiger partial charge in [0.1, 0.15) is 17.5 Å². The Labute approximate surface area is 233 Å². The van der Waals surface area contributed by atoms with E-state index in [4.69, 9.17) is 25.6 Å². The molecule has 0 radical (unpaired) electrons. The fraction of sp³-hybridized carbons (Fsp3) is 0.387. The van der Waals surface area contributed by atoms with Crippen LogP contribution >= 0.6 is 11.6 Å². The van der Waals surface area contributed by atoms with E-state index in [9.17, 15) is 9.59 Å². The smallest absolute Gasteiger partial charge is 0.412 e. The summed E-state index contributed by atoms with van der Waals surface area (Å²) >= 11 is 6.37. The lowest BCUT2D eigenvalue weighted by molar-refractivity contribution is -0.146. The lowest BCUT2D eigenvalue weighted by Gasteiger charge is -2.22. The summed E-state index contributed by atoms with van der Waals surface area (Å²) in [5.41, 5.74) is 5.35. The van der Waals surface area contributed by atoms with Crippen LogP contribution in [0.5, 0.6) is 0 Å². The van der Waals surface area contributed by atoms with Crippen molar-refractivity contribution in [3.8, 4) is 22.5 Å². The summed E-state index contributed by atoms with van der Waals surface area (Å²) in [6.45, 7) is 5.83. The van der Waals surface area contributed by atoms with Crippen molar-refractivity contribution in [3.63, 3.8) is 0 Å². The number of aromatic nitrogens is 1. The van der Waals surface area contributed by atoms with Crippen LogP contribution in [0.2, 0.25) is 0 Å². The summed E-state index contributed by atoms with van der Waals surface area (Å²) in [5, 5.41) is 7.67. The van der Waals surface area contributed by atoms with Gasteiger partial charge in [0.25, 0.3) is 0 Å². The van der Waals surface area contributed by atoms with Crippen molar-refractivity contribution < 1.29 is 23.6 Å². The molecule has 1 amide bonds. The maximum absolute atomic E-state index is 12.7. The molecule has 0 saturated heterocycles. The minimum atomic E-state index is -0.578. The van der Waals surface area contributed by atoms with E-state index < -0.39 is 17.6 Å². The molecule has 1 aromatic heterocycles. The monoisotopic (exact) mass is 548 g/mol. The third kappa shape index (κ3) is 5.59. The predicted molar refractivity (Wildman–Crippen MR) is 151 cm³/mol. The summed E-state index contributed by atoms with van der Waals surface area (Å²) in [5.74, 6) is 0.320. The Morgan fingerprint density at radius 2 is 1.64 bits per heavy atom. The molecule has 7 nitrogen and oxygen atoms in total. The molecule has 0 bridgehead atoms. The van der Waals surface area contributed by atoms with Gasteiger partial charge in [-0.15, -0.1) is 0 Å². The van der Waals surface area contributed by atoms with Crippen LogP contribution in [0.1, 0.15) is 63.6 Å². The van der Waals surface area contributed by atoms with E-state index in [1.54, 1.807) is 6.92 Å². The Morgan fingerprint density at radius 1 is 1.03 bits per heavy atom. The molecule has 0 spiro atoms. The summed E-state index contributed by atoms with van der Waals surface area (Å²) in [6, 6.07) is 15.9. The number of esters is 1. The van der Waals surface area contributed by atoms with Crippen LogP contribution in [0.25, 0.3) is 22.5 Å². The van der Waals surface area contributed by atoms with Gasteiger partial charge in [0, 0.05) is 10.6 Å². The van der Waals surface area contributed by atoms with E-state index in [1.807, 2.05) is 62.4 Å². The van der Waals surface area contributed by atoms with Crippen molar-refractivity contribution in [2.45, 2.75) is 70.8 Å². The van der Waals surface area contributed by atoms with Gasteiger partial charge in [-0.2, -0.15) is 0 Å². The number of carbonyl (C=O) groups is 2. The number of amides is 1. The average molecular weight is 549 g/mol. The fourth-order valence-corrected chi connectivity index (χ4v) is 5.58. The minimum Gasteiger partial charge on any atom is -0.465 e. The van der Waals surface area contributed by atoms with Gasteiger partial charge >= 0.3 is 12.1 Å². The zero-order chi connectivity index (χ0) is 27.6. The molecule has 1 unspecified atom stereocenters. The first-order valence-electron chi connectivity index (χ1n) is 13.5. The second kappa shape index (κ2) is 11.3. The normalized spacial score (nSPS) is 16.9. The maximum atomic E-state index is 12.7. The van der Waals surface area contributed by atoms with Crippen molar-refractivity contribution in [3.05, 3.63) is 70.4 Å². The number of hydrogen-bond donors (Lipinski definition) is 1. The van der Waals surface area contributed by atoms with Gasteiger partial charge in [-0.25, -0.2) is 4.79 Å². The van der Waals surface area contributed by atoms with Crippen LogP contribution in [0.15, 0.2) is 63.7 Å². The number of carbonyl (C=O) groups excluding carboxylic acids is 2. The largest absolute Gasteiger partial charge is 0.465 e. The van der Waals surface area contributed by atoms with Crippen LogP contribution in [-0.4, -0.2) is 29.9 Å². The molecule has 5 rings (SSSR count). The lowest BCUT2D eigenvalue weighted by Crippen LogP contribution is -2.23. The van der Waals surface area contributed by atoms with E-state index in [2.05, 4.69) is 10.5 Å². The second-order valence-electron chi connectivity index (χ2n) is 10.2. The second-order valence-corrected chi connectivity index (χ2v) is 10.7. The molecule has 39 heavy (non-hydrogen) atoms. The van der Waals surface area contributed by atoms with E-state index in [1.165, 1.54) is 0 Å². The number of halogens is 1. The quantitative estimate of drug-likeness (QED) is 0.287. The number of allylic oxidation sites excluding steroid dienone is 1. The first-order valence-corrected chi connectivity index (χ1v) is 13.9. The number of benzene rings is 2. The van der Waals surface area contributed by atoms with E-state index >= 15 is 0 Å². The standard InChI is InChI=1S/C31H33ClN2O5/c1-4-37-29(35)31(17-18-31)24-15-13-22(14-16-24)21-9-11-23(12-10-21)28-27(19(2)34-39-28)33-30(36)38-20(3)25-7-5-6-8-26(25)32/h9-16,20H,4-8,17-18H2,1-3H3,(H,33,36). The first kappa shape index (κ1) is 27.0. The number of rotatable bonds is 8. The Hall–Kier alpha value is -3.58. The van der Waals surface area contributed by atoms with Gasteiger partial charge in [-0.05, 0) is 81.6 Å². The van der Waals surface area contributed by atoms with Gasteiger partial charge in [-0.3, -0.25) is 10.1 Å². The number of anilines is 1. The third-order valence-corrected chi connectivity index (χ3v) is 8.07. The molecule has 1 atom stereocenters. The van der Waals surface area contributed by atoms with Crippen LogP contribution in [0.4, 0.5) is 10.5 Å². The molecule has 0 aliphatic heterocycles. The first-order chi connectivity index (χ1) is 18.8.